The first kappa shape index (κ1) is 15.2. The summed E-state index contributed by atoms with van der Waals surface area (Å²) in [6.45, 7) is 6.86. The Bertz CT molecular complexity index is 200. The van der Waals surface area contributed by atoms with Crippen molar-refractivity contribution in [2.75, 3.05) is 26.3 Å². The highest BCUT2D eigenvalue weighted by atomic mass is 16.6. The van der Waals surface area contributed by atoms with E-state index >= 15 is 0 Å². The van der Waals surface area contributed by atoms with E-state index in [-0.39, 0.29) is 18.2 Å². The van der Waals surface area contributed by atoms with E-state index in [1.165, 1.54) is 0 Å². The third-order valence-electron chi connectivity index (χ3n) is 1.67. The van der Waals surface area contributed by atoms with Crippen LogP contribution in [-0.4, -0.2) is 44.0 Å². The summed E-state index contributed by atoms with van der Waals surface area (Å²) in [6.07, 6.45) is -0.623. The van der Waals surface area contributed by atoms with Crippen molar-refractivity contribution in [1.29, 1.82) is 0 Å². The molecule has 0 aliphatic rings. The monoisotopic (exact) mass is 233 g/mol. The van der Waals surface area contributed by atoms with Crippen LogP contribution in [0.1, 0.15) is 20.8 Å². The van der Waals surface area contributed by atoms with Gasteiger partial charge in [-0.05, 0) is 20.8 Å². The van der Waals surface area contributed by atoms with Gasteiger partial charge < -0.3 is 26.3 Å². The Morgan fingerprint density at radius 2 is 1.81 bits per heavy atom. The summed E-state index contributed by atoms with van der Waals surface area (Å²) < 4.78 is 10.2. The van der Waals surface area contributed by atoms with Gasteiger partial charge in [-0.15, -0.1) is 0 Å². The number of nitrogens with two attached hydrogens (primary N) is 2. The molecule has 5 N–H and O–H groups in total. The van der Waals surface area contributed by atoms with E-state index in [0.29, 0.717) is 19.7 Å². The number of ether oxygens (including phenoxy) is 2. The van der Waals surface area contributed by atoms with Crippen LogP contribution in [0.4, 0.5) is 4.79 Å². The van der Waals surface area contributed by atoms with E-state index in [9.17, 15) is 4.79 Å². The predicted octanol–water partition coefficient (Wildman–Crippen LogP) is -0.186. The van der Waals surface area contributed by atoms with Gasteiger partial charge in [0.15, 0.2) is 0 Å². The predicted molar refractivity (Wildman–Crippen MR) is 62.1 cm³/mol. The lowest BCUT2D eigenvalue weighted by atomic mass is 10.1. The summed E-state index contributed by atoms with van der Waals surface area (Å²) in [6, 6.07) is 0. The molecule has 0 heterocycles. The van der Waals surface area contributed by atoms with Crippen LogP contribution in [-0.2, 0) is 9.47 Å². The molecule has 6 nitrogen and oxygen atoms in total. The van der Waals surface area contributed by atoms with E-state index in [1.807, 2.05) is 20.8 Å². The van der Waals surface area contributed by atoms with Gasteiger partial charge in [-0.3, -0.25) is 0 Å². The molecule has 6 heteroatoms. The molecule has 0 saturated carbocycles. The van der Waals surface area contributed by atoms with Crippen LogP contribution >= 0.6 is 0 Å². The van der Waals surface area contributed by atoms with Crippen LogP contribution in [0.25, 0.3) is 0 Å². The normalized spacial score (nSPS) is 11.6. The van der Waals surface area contributed by atoms with Crippen LogP contribution in [0.5, 0.6) is 0 Å². The zero-order chi connectivity index (χ0) is 12.6. The van der Waals surface area contributed by atoms with Crippen molar-refractivity contribution in [2.24, 2.45) is 11.5 Å². The van der Waals surface area contributed by atoms with E-state index in [2.05, 4.69) is 5.32 Å². The Balaban J connectivity index is 3.55. The zero-order valence-electron chi connectivity index (χ0n) is 10.3. The number of amides is 1. The van der Waals surface area contributed by atoms with Crippen LogP contribution < -0.4 is 16.8 Å². The van der Waals surface area contributed by atoms with E-state index < -0.39 is 6.09 Å². The van der Waals surface area contributed by atoms with Gasteiger partial charge in [-0.2, -0.15) is 0 Å². The largest absolute Gasteiger partial charge is 0.447 e. The Morgan fingerprint density at radius 1 is 1.25 bits per heavy atom. The first-order chi connectivity index (χ1) is 7.39. The fourth-order valence-corrected chi connectivity index (χ4v) is 0.924. The summed E-state index contributed by atoms with van der Waals surface area (Å²) in [5, 5.41) is 2.67. The van der Waals surface area contributed by atoms with Gasteiger partial charge in [0, 0.05) is 18.6 Å². The molecule has 1 amide bonds. The smallest absolute Gasteiger partial charge is 0.407 e. The van der Waals surface area contributed by atoms with Gasteiger partial charge in [0.05, 0.1) is 12.7 Å². The minimum absolute atomic E-state index is 0.172. The molecule has 0 aliphatic heterocycles. The standard InChI is InChI=1S/C10H23N3O3/c1-10(2,3)13-9(14)16-5-4-15-8(6-11)7-12/h8H,4-7,11-12H2,1-3H3,(H,13,14). The maximum Gasteiger partial charge on any atom is 0.407 e. The Labute approximate surface area is 96.6 Å². The molecule has 0 saturated heterocycles. The summed E-state index contributed by atoms with van der Waals surface area (Å²) >= 11 is 0. The minimum Gasteiger partial charge on any atom is -0.447 e. The first-order valence-electron chi connectivity index (χ1n) is 5.35. The molecular weight excluding hydrogens is 210 g/mol. The van der Waals surface area contributed by atoms with Gasteiger partial charge in [0.25, 0.3) is 0 Å². The molecule has 0 aromatic heterocycles. The van der Waals surface area contributed by atoms with Crippen molar-refractivity contribution in [1.82, 2.24) is 5.32 Å². The number of nitrogens with one attached hydrogen (secondary N) is 1. The van der Waals surface area contributed by atoms with Gasteiger partial charge in [0.2, 0.25) is 0 Å². The van der Waals surface area contributed by atoms with Crippen molar-refractivity contribution in [3.8, 4) is 0 Å². The van der Waals surface area contributed by atoms with Crippen LogP contribution in [0.2, 0.25) is 0 Å². The maximum atomic E-state index is 11.2. The third kappa shape index (κ3) is 8.46. The average molecular weight is 233 g/mol. The highest BCUT2D eigenvalue weighted by Gasteiger charge is 2.14. The van der Waals surface area contributed by atoms with E-state index in [1.54, 1.807) is 0 Å². The first-order valence-corrected chi connectivity index (χ1v) is 5.35. The average Bonchev–Trinajstić information content (AvgIpc) is 2.15. The van der Waals surface area contributed by atoms with E-state index in [0.717, 1.165) is 0 Å². The van der Waals surface area contributed by atoms with E-state index in [4.69, 9.17) is 20.9 Å². The van der Waals surface area contributed by atoms with Crippen LogP contribution in [0.15, 0.2) is 0 Å². The summed E-state index contributed by atoms with van der Waals surface area (Å²) in [5.74, 6) is 0. The van der Waals surface area contributed by atoms with Crippen molar-refractivity contribution in [3.05, 3.63) is 0 Å². The molecule has 0 fully saturated rings. The SMILES string of the molecule is CC(C)(C)NC(=O)OCCOC(CN)CN. The molecule has 96 valence electrons. The number of hydrogen-bond donors (Lipinski definition) is 3. The highest BCUT2D eigenvalue weighted by Crippen LogP contribution is 1.98. The Morgan fingerprint density at radius 3 is 2.25 bits per heavy atom. The second-order valence-corrected chi connectivity index (χ2v) is 4.48. The lowest BCUT2D eigenvalue weighted by Crippen LogP contribution is -2.41. The number of carbonyl (C=O) groups is 1. The molecule has 0 unspecified atom stereocenters. The van der Waals surface area contributed by atoms with Crippen molar-refractivity contribution in [3.63, 3.8) is 0 Å². The highest BCUT2D eigenvalue weighted by molar-refractivity contribution is 5.67. The number of alkyl carbamates (subject to hydrolysis) is 1. The summed E-state index contributed by atoms with van der Waals surface area (Å²) in [4.78, 5) is 11.2. The summed E-state index contributed by atoms with van der Waals surface area (Å²) in [5.41, 5.74) is 10.5. The number of hydrogen-bond acceptors (Lipinski definition) is 5. The van der Waals surface area contributed by atoms with Crippen LogP contribution in [0, 0.1) is 0 Å². The lowest BCUT2D eigenvalue weighted by Gasteiger charge is -2.20. The van der Waals surface area contributed by atoms with Crippen LogP contribution in [0.3, 0.4) is 0 Å². The molecule has 0 radical (unpaired) electrons. The molecule has 0 aliphatic carbocycles. The van der Waals surface area contributed by atoms with Gasteiger partial charge in [0.1, 0.15) is 6.61 Å². The summed E-state index contributed by atoms with van der Waals surface area (Å²) in [7, 11) is 0. The molecule has 0 rings (SSSR count). The fraction of sp³-hybridized carbons (Fsp3) is 0.900. The molecule has 0 aromatic rings. The molecular formula is C10H23N3O3. The van der Waals surface area contributed by atoms with Gasteiger partial charge in [-0.25, -0.2) is 4.79 Å². The third-order valence-corrected chi connectivity index (χ3v) is 1.67. The lowest BCUT2D eigenvalue weighted by molar-refractivity contribution is 0.0293. The van der Waals surface area contributed by atoms with Crippen molar-refractivity contribution in [2.45, 2.75) is 32.4 Å². The fourth-order valence-electron chi connectivity index (χ4n) is 0.924. The number of rotatable bonds is 6. The number of carbonyl (C=O) groups excluding carboxylic acids is 1. The minimum atomic E-state index is -0.451. The quantitative estimate of drug-likeness (QED) is 0.552. The van der Waals surface area contributed by atoms with Crippen molar-refractivity contribution >= 4 is 6.09 Å². The van der Waals surface area contributed by atoms with Crippen molar-refractivity contribution < 1.29 is 14.3 Å². The maximum absolute atomic E-state index is 11.2. The Hall–Kier alpha value is -0.850. The molecule has 0 spiro atoms. The second kappa shape index (κ2) is 7.43. The molecule has 16 heavy (non-hydrogen) atoms. The molecule has 0 aromatic carbocycles. The zero-order valence-corrected chi connectivity index (χ0v) is 10.3. The second-order valence-electron chi connectivity index (χ2n) is 4.48. The van der Waals surface area contributed by atoms with Gasteiger partial charge >= 0.3 is 6.09 Å². The molecule has 0 bridgehead atoms. The topological polar surface area (TPSA) is 99.6 Å². The molecule has 0 atom stereocenters. The van der Waals surface area contributed by atoms with Gasteiger partial charge in [-0.1, -0.05) is 0 Å². The Kier molecular flexibility index (Phi) is 7.03.